The van der Waals surface area contributed by atoms with Crippen LogP contribution in [0.1, 0.15) is 25.0 Å². The van der Waals surface area contributed by atoms with Gasteiger partial charge in [-0.25, -0.2) is 45.8 Å². The van der Waals surface area contributed by atoms with Crippen LogP contribution in [-0.2, 0) is 38.7 Å². The second kappa shape index (κ2) is 20.6. The Kier molecular flexibility index (Phi) is 17.7. The summed E-state index contributed by atoms with van der Waals surface area (Å²) in [4.78, 5) is 42.6. The first-order valence-corrected chi connectivity index (χ1v) is 18.9. The maximum atomic E-state index is 11.8. The van der Waals surface area contributed by atoms with Crippen LogP contribution in [0.2, 0.25) is 0 Å². The topological polar surface area (TPSA) is 309 Å². The van der Waals surface area contributed by atoms with Crippen LogP contribution >= 0.6 is 0 Å². The lowest BCUT2D eigenvalue weighted by Crippen LogP contribution is -2.14. The number of ether oxygens (including phenoxy) is 2. The van der Waals surface area contributed by atoms with E-state index in [-0.39, 0.29) is 45.9 Å². The highest BCUT2D eigenvalue weighted by atomic mass is 32.2. The van der Waals surface area contributed by atoms with Crippen molar-refractivity contribution in [1.29, 1.82) is 0 Å². The molecule has 0 atom stereocenters. The van der Waals surface area contributed by atoms with Gasteiger partial charge in [0.15, 0.2) is 37.1 Å². The minimum absolute atomic E-state index is 0. The molecule has 288 valence electrons. The average molecular weight is 778 g/mol. The number of hydrogen-bond acceptors (Lipinski definition) is 16. The van der Waals surface area contributed by atoms with Crippen LogP contribution in [0.5, 0.6) is 0 Å². The van der Waals surface area contributed by atoms with Gasteiger partial charge in [0.25, 0.3) is 0 Å². The molecule has 0 aliphatic rings. The van der Waals surface area contributed by atoms with Crippen LogP contribution in [0.4, 0.5) is 4.79 Å². The molecule has 4 rings (SSSR count). The number of carbonyl (C=O) groups is 3. The molecule has 0 radical (unpaired) electrons. The summed E-state index contributed by atoms with van der Waals surface area (Å²) in [6.45, 7) is 7.34. The molecule has 0 amide bonds. The van der Waals surface area contributed by atoms with Crippen molar-refractivity contribution in [3.05, 3.63) is 72.3 Å². The zero-order chi connectivity index (χ0) is 39.2. The molecule has 53 heavy (non-hydrogen) atoms. The molecule has 4 aromatic rings. The molecule has 2 aromatic carbocycles. The van der Waals surface area contributed by atoms with Crippen LogP contribution in [0.25, 0.3) is 35.2 Å². The number of esters is 1. The quantitative estimate of drug-likeness (QED) is 0.0631. The van der Waals surface area contributed by atoms with E-state index in [0.717, 1.165) is 29.7 Å². The van der Waals surface area contributed by atoms with Crippen LogP contribution in [-0.4, -0.2) is 95.4 Å². The molecule has 0 aliphatic carbocycles. The molecule has 0 saturated carbocycles. The highest BCUT2D eigenvalue weighted by Crippen LogP contribution is 2.23. The third-order valence-electron chi connectivity index (χ3n) is 6.19. The lowest BCUT2D eigenvalue weighted by atomic mass is 10.1. The summed E-state index contributed by atoms with van der Waals surface area (Å²) in [5.74, 6) is 7.63. The summed E-state index contributed by atoms with van der Waals surface area (Å²) in [5, 5.41) is 8.34. The van der Waals surface area contributed by atoms with Gasteiger partial charge < -0.3 is 20.7 Å². The van der Waals surface area contributed by atoms with Gasteiger partial charge in [0.05, 0.1) is 22.9 Å². The monoisotopic (exact) mass is 777 g/mol. The number of hydrogen-bond donors (Lipinski definition) is 3. The SMILES string of the molecule is Cc1cc(-c2ncn(/C=C\C(=O)CN)n2)cc(S(C)(=O)=O)c1.Cc1cc(-c2ncn(/C=C\C(=O)OC(=O)OCC(C)C)n2)cc(S(C)(=O)=O)c1.NN.O. The third kappa shape index (κ3) is 15.4. The molecule has 19 nitrogen and oxygen atoms in total. The van der Waals surface area contributed by atoms with Gasteiger partial charge >= 0.3 is 12.1 Å². The molecule has 0 bridgehead atoms. The van der Waals surface area contributed by atoms with E-state index in [2.05, 4.69) is 36.6 Å². The van der Waals surface area contributed by atoms with E-state index in [4.69, 9.17) is 10.5 Å². The van der Waals surface area contributed by atoms with E-state index in [9.17, 15) is 31.2 Å². The molecule has 2 aromatic heterocycles. The van der Waals surface area contributed by atoms with Crippen LogP contribution in [0.3, 0.4) is 0 Å². The Morgan fingerprint density at radius 3 is 1.60 bits per heavy atom. The molecule has 0 saturated heterocycles. The van der Waals surface area contributed by atoms with Crippen LogP contribution < -0.4 is 17.4 Å². The maximum absolute atomic E-state index is 11.8. The smallest absolute Gasteiger partial charge is 0.434 e. The summed E-state index contributed by atoms with van der Waals surface area (Å²) in [7, 11) is -6.68. The first-order valence-electron chi connectivity index (χ1n) is 15.1. The van der Waals surface area contributed by atoms with E-state index in [1.807, 2.05) is 13.8 Å². The summed E-state index contributed by atoms with van der Waals surface area (Å²) < 4.78 is 58.7. The van der Waals surface area contributed by atoms with E-state index < -0.39 is 31.8 Å². The van der Waals surface area contributed by atoms with Crippen molar-refractivity contribution < 1.29 is 46.2 Å². The Bertz CT molecular complexity index is 2160. The van der Waals surface area contributed by atoms with E-state index in [1.165, 1.54) is 52.6 Å². The Labute approximate surface area is 306 Å². The van der Waals surface area contributed by atoms with E-state index in [1.54, 1.807) is 38.1 Å². The Morgan fingerprint density at radius 1 is 0.774 bits per heavy atom. The van der Waals surface area contributed by atoms with Crippen molar-refractivity contribution in [2.24, 2.45) is 23.3 Å². The molecule has 21 heteroatoms. The average Bonchev–Trinajstić information content (AvgIpc) is 3.76. The lowest BCUT2D eigenvalue weighted by Gasteiger charge is -2.05. The number of carbonyl (C=O) groups excluding carboxylic acids is 3. The predicted octanol–water partition coefficient (Wildman–Crippen LogP) is 1.11. The number of rotatable bonds is 11. The molecule has 2 heterocycles. The fourth-order valence-corrected chi connectivity index (χ4v) is 5.37. The number of hydrazine groups is 1. The number of aromatic nitrogens is 6. The number of aryl methyl sites for hydroxylation is 2. The second-order valence-corrected chi connectivity index (χ2v) is 15.4. The van der Waals surface area contributed by atoms with Crippen molar-refractivity contribution >= 4 is 50.0 Å². The number of benzene rings is 2. The van der Waals surface area contributed by atoms with Gasteiger partial charge in [-0.2, -0.15) is 0 Å². The number of ketones is 1. The fourth-order valence-electron chi connectivity index (χ4n) is 3.89. The first-order chi connectivity index (χ1) is 24.3. The zero-order valence-electron chi connectivity index (χ0n) is 29.8. The predicted molar refractivity (Wildman–Crippen MR) is 196 cm³/mol. The first kappa shape index (κ1) is 45.6. The summed E-state index contributed by atoms with van der Waals surface area (Å²) in [5.41, 5.74) is 7.86. The third-order valence-corrected chi connectivity index (χ3v) is 8.37. The number of nitrogens with zero attached hydrogens (tertiary/aromatic N) is 6. The normalized spacial score (nSPS) is 11.3. The van der Waals surface area contributed by atoms with Crippen molar-refractivity contribution in [2.45, 2.75) is 37.5 Å². The molecule has 0 unspecified atom stereocenters. The van der Waals surface area contributed by atoms with Crippen molar-refractivity contribution in [3.8, 4) is 22.8 Å². The second-order valence-electron chi connectivity index (χ2n) is 11.4. The molecule has 0 aliphatic heterocycles. The Hall–Kier alpha value is -5.45. The van der Waals surface area contributed by atoms with Gasteiger partial charge in [-0.3, -0.25) is 16.5 Å². The standard InChI is InChI=1S/C18H21N3O6S.C14H16N4O3S.H4N2.H2O/c1-12(2)10-26-18(23)27-16(22)5-6-21-11-19-17(20-21)14-7-13(3)8-15(9-14)28(4,24)25;1-10-5-11(7-13(6-10)22(2,20)21)14-16-9-18(17-14)4-3-12(19)8-15;1-2;/h5-9,11-12H,10H2,1-4H3;3-7,9H,8,15H2,1-2H3;1-2H2;1H2/b6-5-;4-3-;;. The summed E-state index contributed by atoms with van der Waals surface area (Å²) in [6.07, 6.45) is 8.95. The summed E-state index contributed by atoms with van der Waals surface area (Å²) >= 11 is 0. The van der Waals surface area contributed by atoms with Gasteiger partial charge in [-0.05, 0) is 67.3 Å². The highest BCUT2D eigenvalue weighted by Gasteiger charge is 2.14. The maximum Gasteiger partial charge on any atom is 0.516 e. The van der Waals surface area contributed by atoms with Gasteiger partial charge in [0.1, 0.15) is 12.7 Å². The van der Waals surface area contributed by atoms with E-state index in [0.29, 0.717) is 17.0 Å². The Morgan fingerprint density at radius 2 is 1.21 bits per heavy atom. The highest BCUT2D eigenvalue weighted by molar-refractivity contribution is 7.91. The van der Waals surface area contributed by atoms with Crippen LogP contribution in [0, 0.1) is 19.8 Å². The zero-order valence-corrected chi connectivity index (χ0v) is 31.5. The molecule has 8 N–H and O–H groups in total. The van der Waals surface area contributed by atoms with Gasteiger partial charge in [-0.1, -0.05) is 13.8 Å². The minimum Gasteiger partial charge on any atom is -0.434 e. The Balaban J connectivity index is 0.000000509. The molecular weight excluding hydrogens is 735 g/mol. The molecular formula is C32H43N9O10S2. The minimum atomic E-state index is -3.37. The van der Waals surface area contributed by atoms with Crippen LogP contribution in [0.15, 0.2) is 71.0 Å². The van der Waals surface area contributed by atoms with E-state index >= 15 is 0 Å². The van der Waals surface area contributed by atoms with Gasteiger partial charge in [-0.15, -0.1) is 10.2 Å². The lowest BCUT2D eigenvalue weighted by molar-refractivity contribution is -0.134. The van der Waals surface area contributed by atoms with Crippen molar-refractivity contribution in [2.75, 3.05) is 25.7 Å². The number of nitrogens with two attached hydrogens (primary N) is 3. The summed E-state index contributed by atoms with van der Waals surface area (Å²) in [6, 6.07) is 9.70. The largest absolute Gasteiger partial charge is 0.516 e. The van der Waals surface area contributed by atoms with Gasteiger partial charge in [0, 0.05) is 48.2 Å². The molecule has 0 spiro atoms. The number of sulfone groups is 2. The fraction of sp³-hybridized carbons (Fsp3) is 0.281. The van der Waals surface area contributed by atoms with Crippen molar-refractivity contribution in [3.63, 3.8) is 0 Å². The van der Waals surface area contributed by atoms with Crippen molar-refractivity contribution in [1.82, 2.24) is 29.5 Å². The molecule has 0 fully saturated rings. The van der Waals surface area contributed by atoms with Gasteiger partial charge in [0.2, 0.25) is 0 Å².